The van der Waals surface area contributed by atoms with E-state index in [0.717, 1.165) is 93.5 Å². The van der Waals surface area contributed by atoms with Crippen LogP contribution in [0.2, 0.25) is 0 Å². The van der Waals surface area contributed by atoms with Crippen molar-refractivity contribution in [3.8, 4) is 16.2 Å². The first kappa shape index (κ1) is 31.5. The van der Waals surface area contributed by atoms with Crippen LogP contribution in [-0.4, -0.2) is 77.1 Å². The second kappa shape index (κ2) is 14.3. The number of piperazine rings is 2. The normalized spacial score (nSPS) is 17.3. The summed E-state index contributed by atoms with van der Waals surface area (Å²) in [7, 11) is 3.44. The number of phenolic OH excluding ortho intramolecular Hbond substituents is 1. The van der Waals surface area contributed by atoms with E-state index in [-0.39, 0.29) is 0 Å². The van der Waals surface area contributed by atoms with Crippen LogP contribution in [0.5, 0.6) is 5.75 Å². The standard InChI is InChI=1S/C36H44N4OS3/c1-26-8-4-6-10-29(26)22-37-12-16-39(17-13-37)24-32-20-31(35-28(3)36(42)44-43-35)21-33(34(32)41)25-40-18-14-38(15-19-40)23-30-11-7-5-9-27(30)2/h4-11,20-21,41H,12-19,22-25H2,1-3H3. The van der Waals surface area contributed by atoms with Crippen molar-refractivity contribution in [3.05, 3.63) is 103 Å². The molecular formula is C36H44N4OS3. The Bertz CT molecular complexity index is 1540. The van der Waals surface area contributed by atoms with Gasteiger partial charge in [0.15, 0.2) is 0 Å². The molecule has 0 amide bonds. The molecule has 0 saturated carbocycles. The molecule has 0 bridgehead atoms. The molecule has 232 valence electrons. The van der Waals surface area contributed by atoms with Gasteiger partial charge in [-0.2, -0.15) is 0 Å². The Balaban J connectivity index is 1.14. The molecule has 0 unspecified atom stereocenters. The van der Waals surface area contributed by atoms with Crippen molar-refractivity contribution in [1.29, 1.82) is 0 Å². The predicted octanol–water partition coefficient (Wildman–Crippen LogP) is 7.47. The van der Waals surface area contributed by atoms with Gasteiger partial charge in [0.25, 0.3) is 0 Å². The maximum Gasteiger partial charge on any atom is 0.124 e. The average molecular weight is 645 g/mol. The Hall–Kier alpha value is -2.43. The maximum atomic E-state index is 11.7. The lowest BCUT2D eigenvalue weighted by Gasteiger charge is -2.36. The van der Waals surface area contributed by atoms with Crippen molar-refractivity contribution in [1.82, 2.24) is 19.6 Å². The van der Waals surface area contributed by atoms with Gasteiger partial charge in [0, 0.05) is 89.7 Å². The maximum absolute atomic E-state index is 11.7. The van der Waals surface area contributed by atoms with E-state index in [4.69, 9.17) is 12.2 Å². The van der Waals surface area contributed by atoms with E-state index in [1.165, 1.54) is 38.3 Å². The Morgan fingerprint density at radius 2 is 0.977 bits per heavy atom. The lowest BCUT2D eigenvalue weighted by molar-refractivity contribution is 0.119. The van der Waals surface area contributed by atoms with Gasteiger partial charge in [-0.25, -0.2) is 0 Å². The first-order valence-corrected chi connectivity index (χ1v) is 18.3. The molecule has 1 aromatic heterocycles. The molecule has 1 N–H and O–H groups in total. The van der Waals surface area contributed by atoms with Gasteiger partial charge >= 0.3 is 0 Å². The number of aryl methyl sites for hydroxylation is 2. The minimum absolute atomic E-state index is 0.468. The van der Waals surface area contributed by atoms with Crippen LogP contribution in [0.4, 0.5) is 0 Å². The molecule has 0 spiro atoms. The van der Waals surface area contributed by atoms with Crippen LogP contribution in [0.15, 0.2) is 60.7 Å². The number of hydrogen-bond acceptors (Lipinski definition) is 8. The summed E-state index contributed by atoms with van der Waals surface area (Å²) in [5, 5.41) is 11.7. The SMILES string of the molecule is Cc1ccccc1CN1CCN(Cc2cc(-c3ssc(=S)c3C)cc(CN3CCN(Cc4ccccc4C)CC3)c2O)CC1. The van der Waals surface area contributed by atoms with Crippen molar-refractivity contribution < 1.29 is 5.11 Å². The van der Waals surface area contributed by atoms with E-state index in [1.54, 1.807) is 20.7 Å². The smallest absolute Gasteiger partial charge is 0.124 e. The molecule has 0 radical (unpaired) electrons. The van der Waals surface area contributed by atoms with Crippen LogP contribution >= 0.6 is 32.9 Å². The quantitative estimate of drug-likeness (QED) is 0.150. The molecule has 2 fully saturated rings. The Labute approximate surface area is 275 Å². The fraction of sp³-hybridized carbons (Fsp3) is 0.417. The summed E-state index contributed by atoms with van der Waals surface area (Å²) in [5.41, 5.74) is 10.0. The molecular weight excluding hydrogens is 601 g/mol. The van der Waals surface area contributed by atoms with E-state index in [2.05, 4.69) is 101 Å². The molecule has 2 saturated heterocycles. The van der Waals surface area contributed by atoms with Crippen LogP contribution in [0.1, 0.15) is 38.9 Å². The molecule has 2 aliphatic rings. The molecule has 3 aromatic carbocycles. The number of rotatable bonds is 9. The van der Waals surface area contributed by atoms with Crippen LogP contribution in [0.25, 0.3) is 10.4 Å². The van der Waals surface area contributed by atoms with E-state index >= 15 is 0 Å². The Morgan fingerprint density at radius 3 is 1.34 bits per heavy atom. The first-order valence-electron chi connectivity index (χ1n) is 15.8. The number of phenols is 1. The van der Waals surface area contributed by atoms with E-state index in [9.17, 15) is 5.11 Å². The average Bonchev–Trinajstić information content (AvgIpc) is 3.36. The van der Waals surface area contributed by atoms with E-state index in [0.29, 0.717) is 5.75 Å². The van der Waals surface area contributed by atoms with Gasteiger partial charge in [0.2, 0.25) is 0 Å². The van der Waals surface area contributed by atoms with Gasteiger partial charge in [0.1, 0.15) is 9.57 Å². The molecule has 0 aliphatic carbocycles. The Morgan fingerprint density at radius 1 is 0.591 bits per heavy atom. The third-order valence-corrected chi connectivity index (χ3v) is 12.8. The van der Waals surface area contributed by atoms with E-state index in [1.807, 2.05) is 0 Å². The highest BCUT2D eigenvalue weighted by atomic mass is 32.9. The summed E-state index contributed by atoms with van der Waals surface area (Å²) in [6.45, 7) is 18.3. The molecule has 0 atom stereocenters. The summed E-state index contributed by atoms with van der Waals surface area (Å²) in [5.74, 6) is 0.468. The van der Waals surface area contributed by atoms with Crippen LogP contribution < -0.4 is 0 Å². The van der Waals surface area contributed by atoms with Crippen molar-refractivity contribution in [3.63, 3.8) is 0 Å². The molecule has 2 aliphatic heterocycles. The van der Waals surface area contributed by atoms with Gasteiger partial charge < -0.3 is 5.11 Å². The highest BCUT2D eigenvalue weighted by Crippen LogP contribution is 2.38. The number of benzene rings is 3. The molecule has 8 heteroatoms. The number of hydrogen-bond donors (Lipinski definition) is 1. The zero-order chi connectivity index (χ0) is 30.6. The minimum Gasteiger partial charge on any atom is -0.507 e. The third kappa shape index (κ3) is 7.50. The van der Waals surface area contributed by atoms with Gasteiger partial charge in [-0.15, -0.1) is 0 Å². The summed E-state index contributed by atoms with van der Waals surface area (Å²) >= 11 is 5.61. The molecule has 5 nitrogen and oxygen atoms in total. The lowest BCUT2D eigenvalue weighted by atomic mass is 10.00. The van der Waals surface area contributed by atoms with Gasteiger partial charge in [0.05, 0.1) is 4.88 Å². The summed E-state index contributed by atoms with van der Waals surface area (Å²) < 4.78 is 0.968. The van der Waals surface area contributed by atoms with Crippen molar-refractivity contribution >= 4 is 32.9 Å². The molecule has 4 aromatic rings. The zero-order valence-electron chi connectivity index (χ0n) is 26.2. The van der Waals surface area contributed by atoms with Crippen molar-refractivity contribution in [2.24, 2.45) is 0 Å². The fourth-order valence-electron chi connectivity index (χ4n) is 6.44. The monoisotopic (exact) mass is 644 g/mol. The van der Waals surface area contributed by atoms with Gasteiger partial charge in [-0.3, -0.25) is 19.6 Å². The zero-order valence-corrected chi connectivity index (χ0v) is 28.7. The fourth-order valence-corrected chi connectivity index (χ4v) is 9.32. The van der Waals surface area contributed by atoms with Crippen molar-refractivity contribution in [2.75, 3.05) is 52.4 Å². The topological polar surface area (TPSA) is 33.2 Å². The van der Waals surface area contributed by atoms with Gasteiger partial charge in [-0.1, -0.05) is 81.4 Å². The van der Waals surface area contributed by atoms with Crippen molar-refractivity contribution in [2.45, 2.75) is 47.0 Å². The van der Waals surface area contributed by atoms with Gasteiger partial charge in [-0.05, 0) is 66.3 Å². The summed E-state index contributed by atoms with van der Waals surface area (Å²) in [6.07, 6.45) is 0. The number of nitrogens with zero attached hydrogens (tertiary/aromatic N) is 4. The van der Waals surface area contributed by atoms with E-state index < -0.39 is 0 Å². The largest absolute Gasteiger partial charge is 0.507 e. The van der Waals surface area contributed by atoms with Crippen LogP contribution in [0, 0.1) is 24.6 Å². The highest BCUT2D eigenvalue weighted by molar-refractivity contribution is 7.80. The second-order valence-electron chi connectivity index (χ2n) is 12.5. The molecule has 3 heterocycles. The van der Waals surface area contributed by atoms with Crippen LogP contribution in [0.3, 0.4) is 0 Å². The summed E-state index contributed by atoms with van der Waals surface area (Å²) in [6, 6.07) is 21.9. The lowest BCUT2D eigenvalue weighted by Crippen LogP contribution is -2.45. The minimum atomic E-state index is 0.468. The number of aromatic hydroxyl groups is 1. The molecule has 6 rings (SSSR count). The Kier molecular flexibility index (Phi) is 10.3. The first-order chi connectivity index (χ1) is 21.3. The highest BCUT2D eigenvalue weighted by Gasteiger charge is 2.23. The third-order valence-electron chi connectivity index (χ3n) is 9.41. The van der Waals surface area contributed by atoms with Crippen LogP contribution in [-0.2, 0) is 26.2 Å². The second-order valence-corrected chi connectivity index (χ2v) is 15.3. The predicted molar refractivity (Wildman–Crippen MR) is 188 cm³/mol. The molecule has 44 heavy (non-hydrogen) atoms. The summed E-state index contributed by atoms with van der Waals surface area (Å²) in [4.78, 5) is 11.4.